The van der Waals surface area contributed by atoms with E-state index in [1.807, 2.05) is 0 Å². The summed E-state index contributed by atoms with van der Waals surface area (Å²) in [6.45, 7) is 3.97. The summed E-state index contributed by atoms with van der Waals surface area (Å²) in [7, 11) is 0. The number of nitrogens with one attached hydrogen (secondary N) is 1. The maximum Gasteiger partial charge on any atom is 0.277 e. The third-order valence-electron chi connectivity index (χ3n) is 2.10. The van der Waals surface area contributed by atoms with Gasteiger partial charge >= 0.3 is 0 Å². The molecule has 0 spiro atoms. The van der Waals surface area contributed by atoms with E-state index in [1.54, 1.807) is 30.6 Å². The molecule has 0 saturated carbocycles. The fourth-order valence-corrected chi connectivity index (χ4v) is 1.84. The second-order valence-electron chi connectivity index (χ2n) is 3.49. The van der Waals surface area contributed by atoms with Gasteiger partial charge in [-0.2, -0.15) is 0 Å². The summed E-state index contributed by atoms with van der Waals surface area (Å²) in [5.74, 6) is 0.538. The quantitative estimate of drug-likeness (QED) is 0.636. The zero-order chi connectivity index (χ0) is 13.5. The van der Waals surface area contributed by atoms with Crippen LogP contribution in [0.4, 0.5) is 0 Å². The van der Waals surface area contributed by atoms with Crippen molar-refractivity contribution in [3.8, 4) is 11.5 Å². The van der Waals surface area contributed by atoms with Gasteiger partial charge in [0.2, 0.25) is 11.8 Å². The topological polar surface area (TPSA) is 80.9 Å². The SMILES string of the molecule is C=CCNC(=O)CSc1nnc(-c2ccncc2)o1. The van der Waals surface area contributed by atoms with Crippen molar-refractivity contribution in [2.24, 2.45) is 0 Å². The van der Waals surface area contributed by atoms with Crippen molar-refractivity contribution in [1.29, 1.82) is 0 Å². The van der Waals surface area contributed by atoms with Gasteiger partial charge in [0.05, 0.1) is 5.75 Å². The number of aromatic nitrogens is 3. The van der Waals surface area contributed by atoms with Crippen LogP contribution < -0.4 is 5.32 Å². The number of thioether (sulfide) groups is 1. The number of hydrogen-bond acceptors (Lipinski definition) is 6. The van der Waals surface area contributed by atoms with Gasteiger partial charge in [-0.1, -0.05) is 17.8 Å². The fraction of sp³-hybridized carbons (Fsp3) is 0.167. The van der Waals surface area contributed by atoms with Gasteiger partial charge in [-0.25, -0.2) is 0 Å². The Kier molecular flexibility index (Phi) is 4.68. The van der Waals surface area contributed by atoms with Crippen molar-refractivity contribution in [3.63, 3.8) is 0 Å². The molecule has 1 amide bonds. The van der Waals surface area contributed by atoms with Gasteiger partial charge in [0.15, 0.2) is 0 Å². The molecular formula is C12H12N4O2S. The molecule has 1 N–H and O–H groups in total. The van der Waals surface area contributed by atoms with Crippen LogP contribution in [0.5, 0.6) is 0 Å². The lowest BCUT2D eigenvalue weighted by molar-refractivity contribution is -0.118. The highest BCUT2D eigenvalue weighted by Gasteiger charge is 2.10. The zero-order valence-electron chi connectivity index (χ0n) is 10.1. The number of carbonyl (C=O) groups excluding carboxylic acids is 1. The van der Waals surface area contributed by atoms with E-state index in [0.717, 1.165) is 5.56 Å². The largest absolute Gasteiger partial charge is 0.411 e. The molecule has 0 unspecified atom stereocenters. The molecule has 0 fully saturated rings. The smallest absolute Gasteiger partial charge is 0.277 e. The predicted molar refractivity (Wildman–Crippen MR) is 71.5 cm³/mol. The van der Waals surface area contributed by atoms with Crippen molar-refractivity contribution >= 4 is 17.7 Å². The molecule has 0 aliphatic heterocycles. The van der Waals surface area contributed by atoms with Crippen LogP contribution in [-0.4, -0.2) is 33.4 Å². The van der Waals surface area contributed by atoms with Crippen LogP contribution >= 0.6 is 11.8 Å². The molecule has 0 atom stereocenters. The molecule has 2 aromatic rings. The first-order valence-electron chi connectivity index (χ1n) is 5.54. The molecule has 0 aliphatic carbocycles. The first kappa shape index (κ1) is 13.3. The van der Waals surface area contributed by atoms with E-state index in [4.69, 9.17) is 4.42 Å². The standard InChI is InChI=1S/C12H12N4O2S/c1-2-5-14-10(17)8-19-12-16-15-11(18-12)9-3-6-13-7-4-9/h2-4,6-7H,1,5,8H2,(H,14,17). The van der Waals surface area contributed by atoms with E-state index in [9.17, 15) is 4.79 Å². The monoisotopic (exact) mass is 276 g/mol. The lowest BCUT2D eigenvalue weighted by atomic mass is 10.3. The molecule has 0 saturated heterocycles. The van der Waals surface area contributed by atoms with Gasteiger partial charge in [0, 0.05) is 24.5 Å². The first-order valence-corrected chi connectivity index (χ1v) is 6.52. The van der Waals surface area contributed by atoms with Crippen LogP contribution in [0, 0.1) is 0 Å². The summed E-state index contributed by atoms with van der Waals surface area (Å²) in [5, 5.41) is 10.8. The molecule has 2 rings (SSSR count). The van der Waals surface area contributed by atoms with Crippen molar-refractivity contribution in [3.05, 3.63) is 37.2 Å². The van der Waals surface area contributed by atoms with E-state index in [2.05, 4.69) is 27.1 Å². The van der Waals surface area contributed by atoms with E-state index in [0.29, 0.717) is 17.7 Å². The van der Waals surface area contributed by atoms with Gasteiger partial charge in [-0.3, -0.25) is 9.78 Å². The molecule has 98 valence electrons. The van der Waals surface area contributed by atoms with Gasteiger partial charge in [-0.05, 0) is 12.1 Å². The molecule has 0 aromatic carbocycles. The Morgan fingerprint density at radius 3 is 2.95 bits per heavy atom. The van der Waals surface area contributed by atoms with Gasteiger partial charge in [0.1, 0.15) is 0 Å². The minimum absolute atomic E-state index is 0.103. The molecule has 19 heavy (non-hydrogen) atoms. The van der Waals surface area contributed by atoms with Crippen molar-refractivity contribution < 1.29 is 9.21 Å². The Morgan fingerprint density at radius 1 is 1.42 bits per heavy atom. The van der Waals surface area contributed by atoms with E-state index < -0.39 is 0 Å². The second kappa shape index (κ2) is 6.69. The zero-order valence-corrected chi connectivity index (χ0v) is 10.9. The van der Waals surface area contributed by atoms with E-state index in [1.165, 1.54) is 11.8 Å². The molecule has 0 aliphatic rings. The van der Waals surface area contributed by atoms with Crippen LogP contribution in [0.15, 0.2) is 46.8 Å². The maximum absolute atomic E-state index is 11.4. The Morgan fingerprint density at radius 2 is 2.21 bits per heavy atom. The Hall–Kier alpha value is -2.15. The van der Waals surface area contributed by atoms with E-state index >= 15 is 0 Å². The minimum Gasteiger partial charge on any atom is -0.411 e. The lowest BCUT2D eigenvalue weighted by Crippen LogP contribution is -2.24. The summed E-state index contributed by atoms with van der Waals surface area (Å²) >= 11 is 1.19. The third kappa shape index (κ3) is 3.92. The van der Waals surface area contributed by atoms with Crippen molar-refractivity contribution in [1.82, 2.24) is 20.5 Å². The second-order valence-corrected chi connectivity index (χ2v) is 4.42. The summed E-state index contributed by atoms with van der Waals surface area (Å²) in [5.41, 5.74) is 0.797. The number of nitrogens with zero attached hydrogens (tertiary/aromatic N) is 3. The van der Waals surface area contributed by atoms with Crippen LogP contribution in [0.25, 0.3) is 11.5 Å². The molecule has 7 heteroatoms. The van der Waals surface area contributed by atoms with Crippen LogP contribution in [0.2, 0.25) is 0 Å². The Balaban J connectivity index is 1.91. The summed E-state index contributed by atoms with van der Waals surface area (Å²) in [6.07, 6.45) is 4.92. The number of rotatable bonds is 6. The molecular weight excluding hydrogens is 264 g/mol. The molecule has 2 aromatic heterocycles. The number of hydrogen-bond donors (Lipinski definition) is 1. The molecule has 0 bridgehead atoms. The lowest BCUT2D eigenvalue weighted by Gasteiger charge is -1.98. The number of amides is 1. The van der Waals surface area contributed by atoms with Gasteiger partial charge in [-0.15, -0.1) is 16.8 Å². The van der Waals surface area contributed by atoms with Crippen LogP contribution in [0.3, 0.4) is 0 Å². The highest BCUT2D eigenvalue weighted by atomic mass is 32.2. The average Bonchev–Trinajstić information content (AvgIpc) is 2.93. The average molecular weight is 276 g/mol. The Labute approximate surface area is 114 Å². The van der Waals surface area contributed by atoms with Gasteiger partial charge < -0.3 is 9.73 Å². The highest BCUT2D eigenvalue weighted by molar-refractivity contribution is 7.99. The van der Waals surface area contributed by atoms with Crippen molar-refractivity contribution in [2.45, 2.75) is 5.22 Å². The maximum atomic E-state index is 11.4. The summed E-state index contributed by atoms with van der Waals surface area (Å²) in [4.78, 5) is 15.3. The normalized spacial score (nSPS) is 10.1. The van der Waals surface area contributed by atoms with Crippen LogP contribution in [-0.2, 0) is 4.79 Å². The fourth-order valence-electron chi connectivity index (χ4n) is 1.24. The minimum atomic E-state index is -0.103. The third-order valence-corrected chi connectivity index (χ3v) is 2.92. The molecule has 0 radical (unpaired) electrons. The van der Waals surface area contributed by atoms with E-state index in [-0.39, 0.29) is 11.7 Å². The molecule has 2 heterocycles. The predicted octanol–water partition coefficient (Wildman–Crippen LogP) is 1.53. The number of carbonyl (C=O) groups is 1. The van der Waals surface area contributed by atoms with Crippen molar-refractivity contribution in [2.75, 3.05) is 12.3 Å². The van der Waals surface area contributed by atoms with Crippen LogP contribution in [0.1, 0.15) is 0 Å². The first-order chi connectivity index (χ1) is 9.29. The summed E-state index contributed by atoms with van der Waals surface area (Å²) < 4.78 is 5.44. The number of pyridine rings is 1. The molecule has 6 nitrogen and oxygen atoms in total. The Bertz CT molecular complexity index is 556. The van der Waals surface area contributed by atoms with Gasteiger partial charge in [0.25, 0.3) is 5.22 Å². The highest BCUT2D eigenvalue weighted by Crippen LogP contribution is 2.22. The summed E-state index contributed by atoms with van der Waals surface area (Å²) in [6, 6.07) is 3.55.